The number of nitrogens with one attached hydrogen (secondary N) is 1. The Morgan fingerprint density at radius 1 is 1.15 bits per heavy atom. The molecule has 1 N–H and O–H groups in total. The summed E-state index contributed by atoms with van der Waals surface area (Å²) in [6, 6.07) is 11.9. The average molecular weight is 294 g/mol. The maximum atomic E-state index is 13.9. The number of benzene rings is 2. The van der Waals surface area contributed by atoms with Crippen LogP contribution in [0.5, 0.6) is 11.5 Å². The van der Waals surface area contributed by atoms with Gasteiger partial charge in [-0.1, -0.05) is 24.6 Å². The van der Waals surface area contributed by atoms with Gasteiger partial charge in [0.15, 0.2) is 0 Å². The summed E-state index contributed by atoms with van der Waals surface area (Å²) in [6.07, 6.45) is 1.00. The molecule has 0 aliphatic heterocycles. The maximum Gasteiger partial charge on any atom is 0.134 e. The van der Waals surface area contributed by atoms with Crippen molar-refractivity contribution >= 4 is 11.6 Å². The van der Waals surface area contributed by atoms with Crippen molar-refractivity contribution in [2.24, 2.45) is 0 Å². The molecule has 0 radical (unpaired) electrons. The highest BCUT2D eigenvalue weighted by Crippen LogP contribution is 2.28. The summed E-state index contributed by atoms with van der Waals surface area (Å²) in [7, 11) is 0. The third-order valence-electron chi connectivity index (χ3n) is 2.85. The lowest BCUT2D eigenvalue weighted by Gasteiger charge is -2.12. The van der Waals surface area contributed by atoms with Crippen LogP contribution in [0.2, 0.25) is 5.02 Å². The summed E-state index contributed by atoms with van der Waals surface area (Å²) in [4.78, 5) is 0. The molecule has 0 saturated carbocycles. The molecule has 106 valence electrons. The topological polar surface area (TPSA) is 21.3 Å². The summed E-state index contributed by atoms with van der Waals surface area (Å²) in [5, 5.41) is 3.83. The Morgan fingerprint density at radius 2 is 1.90 bits per heavy atom. The normalized spacial score (nSPS) is 10.6. The third-order valence-corrected chi connectivity index (χ3v) is 3.10. The Kier molecular flexibility index (Phi) is 5.39. The predicted octanol–water partition coefficient (Wildman–Crippen LogP) is 4.77. The van der Waals surface area contributed by atoms with E-state index in [1.165, 1.54) is 6.07 Å². The molecule has 0 bridgehead atoms. The van der Waals surface area contributed by atoms with Crippen molar-refractivity contribution < 1.29 is 9.13 Å². The molecule has 0 amide bonds. The molecular formula is C16H17ClFNO. The fraction of sp³-hybridized carbons (Fsp3) is 0.250. The van der Waals surface area contributed by atoms with E-state index in [2.05, 4.69) is 12.2 Å². The molecule has 2 aromatic carbocycles. The average Bonchev–Trinajstić information content (AvgIpc) is 2.44. The molecule has 0 atom stereocenters. The molecule has 2 nitrogen and oxygen atoms in total. The fourth-order valence-corrected chi connectivity index (χ4v) is 1.95. The molecule has 20 heavy (non-hydrogen) atoms. The van der Waals surface area contributed by atoms with Crippen LogP contribution in [0.4, 0.5) is 4.39 Å². The lowest BCUT2D eigenvalue weighted by atomic mass is 10.2. The zero-order valence-corrected chi connectivity index (χ0v) is 12.1. The van der Waals surface area contributed by atoms with E-state index >= 15 is 0 Å². The second kappa shape index (κ2) is 7.27. The van der Waals surface area contributed by atoms with Crippen LogP contribution in [0.3, 0.4) is 0 Å². The van der Waals surface area contributed by atoms with E-state index in [-0.39, 0.29) is 5.82 Å². The summed E-state index contributed by atoms with van der Waals surface area (Å²) < 4.78 is 19.6. The van der Waals surface area contributed by atoms with Gasteiger partial charge in [0.2, 0.25) is 0 Å². The van der Waals surface area contributed by atoms with Gasteiger partial charge in [0.1, 0.15) is 17.3 Å². The smallest absolute Gasteiger partial charge is 0.134 e. The van der Waals surface area contributed by atoms with Gasteiger partial charge in [-0.3, -0.25) is 0 Å². The van der Waals surface area contributed by atoms with E-state index < -0.39 is 0 Å². The van der Waals surface area contributed by atoms with Gasteiger partial charge in [0.25, 0.3) is 0 Å². The van der Waals surface area contributed by atoms with E-state index in [0.29, 0.717) is 28.6 Å². The first-order valence-corrected chi connectivity index (χ1v) is 7.00. The Morgan fingerprint density at radius 3 is 2.60 bits per heavy atom. The van der Waals surface area contributed by atoms with Crippen LogP contribution in [0.1, 0.15) is 18.9 Å². The summed E-state index contributed by atoms with van der Waals surface area (Å²) >= 11 is 5.83. The molecule has 0 spiro atoms. The van der Waals surface area contributed by atoms with Gasteiger partial charge < -0.3 is 10.1 Å². The number of rotatable bonds is 6. The monoisotopic (exact) mass is 293 g/mol. The summed E-state index contributed by atoms with van der Waals surface area (Å²) in [6.45, 7) is 3.36. The standard InChI is InChI=1S/C16H17ClFNO/c1-2-10-19-11-14-15(18)4-3-5-16(14)20-13-8-6-12(17)7-9-13/h3-9,19H,2,10-11H2,1H3. The van der Waals surface area contributed by atoms with Crippen LogP contribution in [0.25, 0.3) is 0 Å². The van der Waals surface area contributed by atoms with E-state index in [9.17, 15) is 4.39 Å². The number of hydrogen-bond donors (Lipinski definition) is 1. The van der Waals surface area contributed by atoms with E-state index in [0.717, 1.165) is 13.0 Å². The van der Waals surface area contributed by atoms with E-state index in [4.69, 9.17) is 16.3 Å². The minimum atomic E-state index is -0.264. The van der Waals surface area contributed by atoms with Gasteiger partial charge in [0.05, 0.1) is 0 Å². The van der Waals surface area contributed by atoms with Crippen LogP contribution >= 0.6 is 11.6 Å². The van der Waals surface area contributed by atoms with Crippen LogP contribution in [0, 0.1) is 5.82 Å². The molecule has 0 fully saturated rings. The van der Waals surface area contributed by atoms with E-state index in [1.54, 1.807) is 36.4 Å². The van der Waals surface area contributed by atoms with Crippen LogP contribution in [-0.2, 0) is 6.54 Å². The third kappa shape index (κ3) is 3.95. The molecule has 0 aliphatic rings. The van der Waals surface area contributed by atoms with Crippen molar-refractivity contribution in [1.29, 1.82) is 0 Å². The fourth-order valence-electron chi connectivity index (χ4n) is 1.83. The van der Waals surface area contributed by atoms with Crippen molar-refractivity contribution in [2.45, 2.75) is 19.9 Å². The Bertz CT molecular complexity index is 557. The molecule has 0 unspecified atom stereocenters. The largest absolute Gasteiger partial charge is 0.457 e. The minimum absolute atomic E-state index is 0.264. The minimum Gasteiger partial charge on any atom is -0.457 e. The van der Waals surface area contributed by atoms with Crippen LogP contribution < -0.4 is 10.1 Å². The second-order valence-corrected chi connectivity index (χ2v) is 4.89. The van der Waals surface area contributed by atoms with Gasteiger partial charge in [-0.05, 0) is 49.4 Å². The van der Waals surface area contributed by atoms with Crippen LogP contribution in [0.15, 0.2) is 42.5 Å². The van der Waals surface area contributed by atoms with Crippen molar-refractivity contribution in [3.05, 3.63) is 58.9 Å². The molecule has 0 aliphatic carbocycles. The zero-order chi connectivity index (χ0) is 14.4. The number of halogens is 2. The van der Waals surface area contributed by atoms with Crippen LogP contribution in [-0.4, -0.2) is 6.54 Å². The van der Waals surface area contributed by atoms with Crippen molar-refractivity contribution in [3.63, 3.8) is 0 Å². The zero-order valence-electron chi connectivity index (χ0n) is 11.3. The molecule has 2 rings (SSSR count). The first-order chi connectivity index (χ1) is 9.70. The Hall–Kier alpha value is -1.58. The van der Waals surface area contributed by atoms with Gasteiger partial charge >= 0.3 is 0 Å². The second-order valence-electron chi connectivity index (χ2n) is 4.45. The van der Waals surface area contributed by atoms with Gasteiger partial charge in [-0.25, -0.2) is 4.39 Å². The molecule has 0 heterocycles. The number of ether oxygens (including phenoxy) is 1. The van der Waals surface area contributed by atoms with Gasteiger partial charge in [-0.2, -0.15) is 0 Å². The first-order valence-electron chi connectivity index (χ1n) is 6.62. The van der Waals surface area contributed by atoms with Crippen molar-refractivity contribution in [3.8, 4) is 11.5 Å². The lowest BCUT2D eigenvalue weighted by Crippen LogP contribution is -2.15. The van der Waals surface area contributed by atoms with Crippen molar-refractivity contribution in [1.82, 2.24) is 5.32 Å². The molecular weight excluding hydrogens is 277 g/mol. The highest BCUT2D eigenvalue weighted by Gasteiger charge is 2.10. The number of hydrogen-bond acceptors (Lipinski definition) is 2. The molecule has 0 saturated heterocycles. The maximum absolute atomic E-state index is 13.9. The van der Waals surface area contributed by atoms with Gasteiger partial charge in [0, 0.05) is 17.1 Å². The SMILES string of the molecule is CCCNCc1c(F)cccc1Oc1ccc(Cl)cc1. The molecule has 2 aromatic rings. The predicted molar refractivity (Wildman–Crippen MR) is 79.9 cm³/mol. The first kappa shape index (κ1) is 14.8. The lowest BCUT2D eigenvalue weighted by molar-refractivity contribution is 0.462. The summed E-state index contributed by atoms with van der Waals surface area (Å²) in [5.41, 5.74) is 0.538. The molecule has 4 heteroatoms. The quantitative estimate of drug-likeness (QED) is 0.775. The van der Waals surface area contributed by atoms with Crippen molar-refractivity contribution in [2.75, 3.05) is 6.54 Å². The Labute approximate surface area is 123 Å². The summed E-state index contributed by atoms with van der Waals surface area (Å²) in [5.74, 6) is 0.896. The highest BCUT2D eigenvalue weighted by molar-refractivity contribution is 6.30. The molecule has 0 aromatic heterocycles. The van der Waals surface area contributed by atoms with E-state index in [1.807, 2.05) is 0 Å². The Balaban J connectivity index is 2.17. The van der Waals surface area contributed by atoms with Gasteiger partial charge in [-0.15, -0.1) is 0 Å². The highest BCUT2D eigenvalue weighted by atomic mass is 35.5.